The first kappa shape index (κ1) is 42.1. The third-order valence-electron chi connectivity index (χ3n) is 9.38. The lowest BCUT2D eigenvalue weighted by Gasteiger charge is -2.29. The predicted molar refractivity (Wildman–Crippen MR) is 211 cm³/mol. The molecule has 0 atom stereocenters. The number of halogens is 4. The fraction of sp³-hybridized carbons (Fsp3) is 0.0652. The van der Waals surface area contributed by atoms with E-state index in [0.717, 1.165) is 60.7 Å². The molecule has 0 aliphatic rings. The van der Waals surface area contributed by atoms with Crippen LogP contribution in [-0.2, 0) is 11.8 Å². The summed E-state index contributed by atoms with van der Waals surface area (Å²) in [4.78, 5) is 19.2. The Kier molecular flexibility index (Phi) is 11.4. The van der Waals surface area contributed by atoms with Gasteiger partial charge in [-0.05, 0) is 47.4 Å². The van der Waals surface area contributed by atoms with Crippen LogP contribution < -0.4 is 10.4 Å². The van der Waals surface area contributed by atoms with Crippen molar-refractivity contribution in [1.29, 1.82) is 26.3 Å². The SMILES string of the molecule is [C-]#[N+]C([N+]#[C-])=c1c(-c2ccc([N+]#[C-])c([N+]#[C-])c2)c(C(F)(F)c2ccc(C#N)c([N+]#[C-])c2)c(=C(C#N)C#N)c(-c2ccc(C#N)c(C)c2)c1C(F)(F)c1ccc([N+]#[C-])c(C#N)c1. The summed E-state index contributed by atoms with van der Waals surface area (Å²) in [6.45, 7) is 47.7. The monoisotopic (exact) mass is 797 g/mol. The highest BCUT2D eigenvalue weighted by atomic mass is 19.3. The highest BCUT2D eigenvalue weighted by Crippen LogP contribution is 2.47. The van der Waals surface area contributed by atoms with Gasteiger partial charge in [0.15, 0.2) is 11.4 Å². The van der Waals surface area contributed by atoms with E-state index in [2.05, 4.69) is 29.1 Å². The van der Waals surface area contributed by atoms with Gasteiger partial charge >= 0.3 is 5.82 Å². The Morgan fingerprint density at radius 1 is 0.508 bits per heavy atom. The number of nitriles is 5. The molecular weight excluding hydrogens is 783 g/mol. The Hall–Kier alpha value is -10.1. The predicted octanol–water partition coefficient (Wildman–Crippen LogP) is 10.5. The highest BCUT2D eigenvalue weighted by molar-refractivity contribution is 5.91. The minimum absolute atomic E-state index is 0.00423. The van der Waals surface area contributed by atoms with Crippen molar-refractivity contribution >= 4 is 34.1 Å². The molecule has 0 heterocycles. The molecule has 11 nitrogen and oxygen atoms in total. The summed E-state index contributed by atoms with van der Waals surface area (Å²) in [6.07, 6.45) is 0. The van der Waals surface area contributed by atoms with E-state index >= 15 is 17.6 Å². The van der Waals surface area contributed by atoms with Gasteiger partial charge in [0.05, 0.1) is 66.4 Å². The normalized spacial score (nSPS) is 10.2. The molecule has 0 aliphatic heterocycles. The van der Waals surface area contributed by atoms with E-state index in [4.69, 9.17) is 39.4 Å². The zero-order valence-corrected chi connectivity index (χ0v) is 30.9. The maximum Gasteiger partial charge on any atom is 0.527 e. The molecule has 5 aromatic rings. The van der Waals surface area contributed by atoms with Crippen molar-refractivity contribution in [2.24, 2.45) is 0 Å². The van der Waals surface area contributed by atoms with E-state index in [0.29, 0.717) is 12.1 Å². The van der Waals surface area contributed by atoms with E-state index < -0.39 is 95.1 Å². The molecule has 0 aromatic heterocycles. The summed E-state index contributed by atoms with van der Waals surface area (Å²) >= 11 is 0. The first-order chi connectivity index (χ1) is 29.2. The Balaban J connectivity index is 2.38. The Bertz CT molecular complexity index is 3380. The van der Waals surface area contributed by atoms with Gasteiger partial charge in [-0.25, -0.2) is 9.69 Å². The summed E-state index contributed by atoms with van der Waals surface area (Å²) in [7, 11) is 0. The van der Waals surface area contributed by atoms with Gasteiger partial charge in [0, 0.05) is 33.0 Å². The second-order valence-electron chi connectivity index (χ2n) is 12.5. The van der Waals surface area contributed by atoms with Crippen LogP contribution in [0.4, 0.5) is 40.3 Å². The van der Waals surface area contributed by atoms with Gasteiger partial charge in [-0.1, -0.05) is 54.6 Å². The van der Waals surface area contributed by atoms with Crippen LogP contribution in [0.3, 0.4) is 0 Å². The van der Waals surface area contributed by atoms with Gasteiger partial charge in [-0.2, -0.15) is 53.6 Å². The number of rotatable bonds is 6. The van der Waals surface area contributed by atoms with Crippen molar-refractivity contribution in [3.8, 4) is 52.6 Å². The number of aryl methyl sites for hydroxylation is 1. The largest absolute Gasteiger partial charge is 0.527 e. The summed E-state index contributed by atoms with van der Waals surface area (Å²) < 4.78 is 72.4. The molecule has 5 rings (SSSR count). The van der Waals surface area contributed by atoms with Crippen LogP contribution >= 0.6 is 0 Å². The summed E-state index contributed by atoms with van der Waals surface area (Å²) in [5.74, 6) is -10.4. The van der Waals surface area contributed by atoms with Gasteiger partial charge in [0.25, 0.3) is 11.8 Å². The number of hydrogen-bond acceptors (Lipinski definition) is 5. The number of benzene rings is 5. The average molecular weight is 798 g/mol. The molecule has 0 spiro atoms. The molecule has 0 radical (unpaired) electrons. The molecule has 15 heteroatoms. The Morgan fingerprint density at radius 3 is 1.51 bits per heavy atom. The minimum atomic E-state index is -4.59. The van der Waals surface area contributed by atoms with Crippen LogP contribution in [0.1, 0.15) is 44.5 Å². The Labute approximate surface area is 344 Å². The zero-order chi connectivity index (χ0) is 44.8. The fourth-order valence-electron chi connectivity index (χ4n) is 6.63. The van der Waals surface area contributed by atoms with Crippen LogP contribution in [0.15, 0.2) is 72.8 Å². The standard InChI is InChI=1S/C46H15F4N11/c1-25-16-26(8-9-28(25)20-51)38-40(31(23-54)24-55)42(46(49,50)33-12-10-29(21-52)36(19-33)58-4)39(27-11-14-35(57-3)37(18-27)59-5)41(44(60-6)61-7)43(38)45(47,48)32-13-15-34(56-2)30(17-32)22-53/h8-19H,1H3. The van der Waals surface area contributed by atoms with Crippen molar-refractivity contribution < 1.29 is 17.6 Å². The van der Waals surface area contributed by atoms with E-state index in [-0.39, 0.29) is 28.1 Å². The van der Waals surface area contributed by atoms with Crippen molar-refractivity contribution in [2.75, 3.05) is 0 Å². The number of nitrogens with zero attached hydrogens (tertiary/aromatic N) is 11. The van der Waals surface area contributed by atoms with E-state index in [1.807, 2.05) is 6.07 Å². The van der Waals surface area contributed by atoms with Crippen molar-refractivity contribution in [3.63, 3.8) is 0 Å². The molecule has 0 fully saturated rings. The molecule has 0 unspecified atom stereocenters. The van der Waals surface area contributed by atoms with E-state index in [9.17, 15) is 26.3 Å². The molecule has 0 saturated heterocycles. The zero-order valence-electron chi connectivity index (χ0n) is 30.9. The van der Waals surface area contributed by atoms with Crippen molar-refractivity contribution in [2.45, 2.75) is 18.8 Å². The van der Waals surface area contributed by atoms with Crippen LogP contribution in [0.2, 0.25) is 0 Å². The molecular formula is C46H15F4N11. The van der Waals surface area contributed by atoms with Crippen LogP contribution in [0.5, 0.6) is 0 Å². The third-order valence-corrected chi connectivity index (χ3v) is 9.38. The molecule has 0 aliphatic carbocycles. The summed E-state index contributed by atoms with van der Waals surface area (Å²) in [6, 6.07) is 19.1. The highest BCUT2D eigenvalue weighted by Gasteiger charge is 2.47. The van der Waals surface area contributed by atoms with Crippen LogP contribution in [0, 0.1) is 103 Å². The van der Waals surface area contributed by atoms with Gasteiger partial charge in [0.1, 0.15) is 30.9 Å². The molecule has 61 heavy (non-hydrogen) atoms. The lowest BCUT2D eigenvalue weighted by molar-refractivity contribution is 0.0380. The van der Waals surface area contributed by atoms with Gasteiger partial charge in [-0.3, -0.25) is 9.69 Å². The topological polar surface area (TPSA) is 145 Å². The minimum Gasteiger partial charge on any atom is -0.250 e. The molecule has 0 amide bonds. The molecule has 5 aromatic carbocycles. The van der Waals surface area contributed by atoms with Crippen molar-refractivity contribution in [3.05, 3.63) is 196 Å². The van der Waals surface area contributed by atoms with E-state index in [1.54, 1.807) is 12.1 Å². The maximum atomic E-state index is 18.1. The lowest BCUT2D eigenvalue weighted by atomic mass is 9.78. The molecule has 282 valence electrons. The number of hydrogen-bond donors (Lipinski definition) is 0. The summed E-state index contributed by atoms with van der Waals surface area (Å²) in [5.41, 5.74) is -11.6. The van der Waals surface area contributed by atoms with Crippen LogP contribution in [-0.4, -0.2) is 0 Å². The Morgan fingerprint density at radius 2 is 0.984 bits per heavy atom. The number of alkyl halides is 4. The average Bonchev–Trinajstić information content (AvgIpc) is 3.28. The molecule has 0 bridgehead atoms. The quantitative estimate of drug-likeness (QED) is 0.124. The smallest absolute Gasteiger partial charge is 0.250 e. The first-order valence-corrected chi connectivity index (χ1v) is 16.8. The second-order valence-corrected chi connectivity index (χ2v) is 12.5. The molecule has 0 N–H and O–H groups in total. The first-order valence-electron chi connectivity index (χ1n) is 16.8. The lowest BCUT2D eigenvalue weighted by Crippen LogP contribution is -2.39. The van der Waals surface area contributed by atoms with Gasteiger partial charge < -0.3 is 0 Å². The van der Waals surface area contributed by atoms with Gasteiger partial charge in [0.2, 0.25) is 11.4 Å². The maximum absolute atomic E-state index is 18.1. The van der Waals surface area contributed by atoms with E-state index in [1.165, 1.54) is 19.1 Å². The second kappa shape index (κ2) is 16.6. The third kappa shape index (κ3) is 7.02. The van der Waals surface area contributed by atoms with Crippen molar-refractivity contribution in [1.82, 2.24) is 0 Å². The van der Waals surface area contributed by atoms with Gasteiger partial charge in [-0.15, -0.1) is 0 Å². The fourth-order valence-corrected chi connectivity index (χ4v) is 6.63. The molecule has 0 saturated carbocycles. The van der Waals surface area contributed by atoms with Crippen LogP contribution in [0.25, 0.3) is 62.7 Å². The summed E-state index contributed by atoms with van der Waals surface area (Å²) in [5, 5.41) is 47.9.